The molecule has 1 atom stereocenters. The molecule has 19 heavy (non-hydrogen) atoms. The first kappa shape index (κ1) is 14.0. The lowest BCUT2D eigenvalue weighted by Gasteiger charge is -2.13. The predicted molar refractivity (Wildman–Crippen MR) is 72.4 cm³/mol. The smallest absolute Gasteiger partial charge is 0.141 e. The molecule has 6 heteroatoms. The summed E-state index contributed by atoms with van der Waals surface area (Å²) in [6, 6.07) is 4.25. The number of rotatable bonds is 5. The van der Waals surface area contributed by atoms with Crippen LogP contribution in [0.5, 0.6) is 0 Å². The largest absolute Gasteiger partial charge is 0.324 e. The van der Waals surface area contributed by atoms with Crippen LogP contribution in [0.2, 0.25) is 5.02 Å². The minimum Gasteiger partial charge on any atom is -0.324 e. The third-order valence-corrected chi connectivity index (χ3v) is 3.20. The first-order valence-corrected chi connectivity index (χ1v) is 6.56. The Morgan fingerprint density at radius 3 is 2.95 bits per heavy atom. The van der Waals surface area contributed by atoms with Crippen LogP contribution in [0.15, 0.2) is 24.5 Å². The van der Waals surface area contributed by atoms with Crippen LogP contribution in [-0.4, -0.2) is 14.8 Å². The highest BCUT2D eigenvalue weighted by Gasteiger charge is 2.13. The first-order valence-electron chi connectivity index (χ1n) is 6.19. The van der Waals surface area contributed by atoms with E-state index >= 15 is 0 Å². The fourth-order valence-electron chi connectivity index (χ4n) is 1.90. The minimum atomic E-state index is -0.438. The fourth-order valence-corrected chi connectivity index (χ4v) is 2.09. The number of aryl methyl sites for hydroxylation is 1. The van der Waals surface area contributed by atoms with Gasteiger partial charge in [-0.1, -0.05) is 24.6 Å². The van der Waals surface area contributed by atoms with Gasteiger partial charge in [0.25, 0.3) is 0 Å². The molecule has 1 heterocycles. The normalized spacial score (nSPS) is 12.6. The Hall–Kier alpha value is -1.46. The van der Waals surface area contributed by atoms with Gasteiger partial charge in [-0.2, -0.15) is 5.10 Å². The third-order valence-electron chi connectivity index (χ3n) is 2.91. The van der Waals surface area contributed by atoms with Crippen molar-refractivity contribution in [2.24, 2.45) is 5.73 Å². The van der Waals surface area contributed by atoms with Gasteiger partial charge in [-0.25, -0.2) is 9.37 Å². The van der Waals surface area contributed by atoms with Gasteiger partial charge in [0.1, 0.15) is 18.0 Å². The van der Waals surface area contributed by atoms with E-state index in [4.69, 9.17) is 17.3 Å². The summed E-state index contributed by atoms with van der Waals surface area (Å²) in [6.45, 7) is 2.89. The standard InChI is InChI=1S/C13H16ClFN4/c1-2-5-19-13(17-8-18-19)7-12(16)9-3-4-11(15)10(14)6-9/h3-4,6,8,12H,2,5,7,16H2,1H3. The molecule has 2 aromatic rings. The van der Waals surface area contributed by atoms with Crippen LogP contribution in [-0.2, 0) is 13.0 Å². The van der Waals surface area contributed by atoms with Crippen molar-refractivity contribution in [1.29, 1.82) is 0 Å². The second kappa shape index (κ2) is 6.12. The van der Waals surface area contributed by atoms with Crippen LogP contribution < -0.4 is 5.73 Å². The zero-order valence-electron chi connectivity index (χ0n) is 10.7. The molecule has 1 aromatic carbocycles. The van der Waals surface area contributed by atoms with Crippen LogP contribution in [0.3, 0.4) is 0 Å². The van der Waals surface area contributed by atoms with Gasteiger partial charge in [-0.15, -0.1) is 0 Å². The molecule has 0 aliphatic carbocycles. The topological polar surface area (TPSA) is 56.7 Å². The molecule has 0 saturated carbocycles. The van der Waals surface area contributed by atoms with Crippen molar-refractivity contribution in [2.45, 2.75) is 32.4 Å². The average molecular weight is 283 g/mol. The molecule has 0 spiro atoms. The molecule has 0 aliphatic rings. The summed E-state index contributed by atoms with van der Waals surface area (Å²) in [6.07, 6.45) is 3.05. The van der Waals surface area contributed by atoms with E-state index in [1.54, 1.807) is 12.1 Å². The van der Waals surface area contributed by atoms with Gasteiger partial charge in [-0.3, -0.25) is 4.68 Å². The van der Waals surface area contributed by atoms with E-state index in [-0.39, 0.29) is 11.1 Å². The van der Waals surface area contributed by atoms with E-state index in [2.05, 4.69) is 17.0 Å². The molecular weight excluding hydrogens is 267 g/mol. The summed E-state index contributed by atoms with van der Waals surface area (Å²) in [5.74, 6) is 0.390. The average Bonchev–Trinajstić information content (AvgIpc) is 2.80. The zero-order chi connectivity index (χ0) is 13.8. The van der Waals surface area contributed by atoms with Crippen molar-refractivity contribution < 1.29 is 4.39 Å². The molecule has 1 aromatic heterocycles. The quantitative estimate of drug-likeness (QED) is 0.917. The first-order chi connectivity index (χ1) is 9.11. The molecule has 2 rings (SSSR count). The summed E-state index contributed by atoms with van der Waals surface area (Å²) in [5, 5.41) is 4.23. The van der Waals surface area contributed by atoms with Crippen molar-refractivity contribution in [3.63, 3.8) is 0 Å². The molecule has 0 bridgehead atoms. The van der Waals surface area contributed by atoms with Crippen molar-refractivity contribution >= 4 is 11.6 Å². The summed E-state index contributed by atoms with van der Waals surface area (Å²) in [4.78, 5) is 4.21. The van der Waals surface area contributed by atoms with E-state index in [1.165, 1.54) is 12.4 Å². The van der Waals surface area contributed by atoms with Crippen molar-refractivity contribution in [3.05, 3.63) is 46.8 Å². The lowest BCUT2D eigenvalue weighted by atomic mass is 10.0. The third kappa shape index (κ3) is 3.30. The van der Waals surface area contributed by atoms with Crippen molar-refractivity contribution in [2.75, 3.05) is 0 Å². The molecule has 102 valence electrons. The van der Waals surface area contributed by atoms with Gasteiger partial charge in [0, 0.05) is 19.0 Å². The Kier molecular flexibility index (Phi) is 4.50. The maximum atomic E-state index is 13.1. The Bertz CT molecular complexity index is 555. The van der Waals surface area contributed by atoms with Crippen LogP contribution in [0.4, 0.5) is 4.39 Å². The van der Waals surface area contributed by atoms with E-state index in [0.717, 1.165) is 24.4 Å². The molecule has 1 unspecified atom stereocenters. The van der Waals surface area contributed by atoms with E-state index < -0.39 is 5.82 Å². The van der Waals surface area contributed by atoms with Crippen LogP contribution in [0, 0.1) is 5.82 Å². The van der Waals surface area contributed by atoms with E-state index in [1.807, 2.05) is 4.68 Å². The second-order valence-corrected chi connectivity index (χ2v) is 4.79. The van der Waals surface area contributed by atoms with Gasteiger partial charge in [0.15, 0.2) is 0 Å². The number of halogens is 2. The SMILES string of the molecule is CCCn1ncnc1CC(N)c1ccc(F)c(Cl)c1. The molecule has 0 radical (unpaired) electrons. The Labute approximate surface area is 116 Å². The van der Waals surface area contributed by atoms with Gasteiger partial charge >= 0.3 is 0 Å². The molecule has 2 N–H and O–H groups in total. The number of nitrogens with two attached hydrogens (primary N) is 1. The highest BCUT2D eigenvalue weighted by atomic mass is 35.5. The van der Waals surface area contributed by atoms with Crippen LogP contribution >= 0.6 is 11.6 Å². The lowest BCUT2D eigenvalue weighted by Crippen LogP contribution is -2.17. The van der Waals surface area contributed by atoms with E-state index in [0.29, 0.717) is 6.42 Å². The Morgan fingerprint density at radius 1 is 1.47 bits per heavy atom. The van der Waals surface area contributed by atoms with Gasteiger partial charge in [-0.05, 0) is 24.1 Å². The summed E-state index contributed by atoms with van der Waals surface area (Å²) in [7, 11) is 0. The van der Waals surface area contributed by atoms with Gasteiger partial charge < -0.3 is 5.73 Å². The van der Waals surface area contributed by atoms with Crippen LogP contribution in [0.1, 0.15) is 30.8 Å². The summed E-state index contributed by atoms with van der Waals surface area (Å²) in [5.41, 5.74) is 6.90. The number of nitrogens with zero attached hydrogens (tertiary/aromatic N) is 3. The lowest BCUT2D eigenvalue weighted by molar-refractivity contribution is 0.547. The highest BCUT2D eigenvalue weighted by molar-refractivity contribution is 6.30. The number of hydrogen-bond acceptors (Lipinski definition) is 3. The predicted octanol–water partition coefficient (Wildman–Crippen LogP) is 2.72. The molecule has 0 aliphatic heterocycles. The maximum Gasteiger partial charge on any atom is 0.141 e. The molecule has 4 nitrogen and oxygen atoms in total. The minimum absolute atomic E-state index is 0.0861. The summed E-state index contributed by atoms with van der Waals surface area (Å²) >= 11 is 5.76. The molecule has 0 amide bonds. The Morgan fingerprint density at radius 2 is 2.26 bits per heavy atom. The van der Waals surface area contributed by atoms with Gasteiger partial charge in [0.2, 0.25) is 0 Å². The Balaban J connectivity index is 2.13. The molecule has 0 saturated heterocycles. The number of benzene rings is 1. The van der Waals surface area contributed by atoms with E-state index in [9.17, 15) is 4.39 Å². The molecular formula is C13H16ClFN4. The zero-order valence-corrected chi connectivity index (χ0v) is 11.4. The van der Waals surface area contributed by atoms with Crippen molar-refractivity contribution in [1.82, 2.24) is 14.8 Å². The summed E-state index contributed by atoms with van der Waals surface area (Å²) < 4.78 is 14.9. The van der Waals surface area contributed by atoms with Crippen LogP contribution in [0.25, 0.3) is 0 Å². The number of hydrogen-bond donors (Lipinski definition) is 1. The fraction of sp³-hybridized carbons (Fsp3) is 0.385. The number of aromatic nitrogens is 3. The monoisotopic (exact) mass is 282 g/mol. The highest BCUT2D eigenvalue weighted by Crippen LogP contribution is 2.21. The maximum absolute atomic E-state index is 13.1. The van der Waals surface area contributed by atoms with Crippen molar-refractivity contribution in [3.8, 4) is 0 Å². The van der Waals surface area contributed by atoms with Gasteiger partial charge in [0.05, 0.1) is 5.02 Å². The molecule has 0 fully saturated rings. The second-order valence-electron chi connectivity index (χ2n) is 4.38.